The van der Waals surface area contributed by atoms with Crippen LogP contribution in [0.25, 0.3) is 5.57 Å². The molecule has 0 spiro atoms. The summed E-state index contributed by atoms with van der Waals surface area (Å²) in [5, 5.41) is 4.32. The predicted octanol–water partition coefficient (Wildman–Crippen LogP) is 0.866. The van der Waals surface area contributed by atoms with E-state index < -0.39 is 42.0 Å². The fourth-order valence-electron chi connectivity index (χ4n) is 2.92. The lowest BCUT2D eigenvalue weighted by atomic mass is 10.0. The largest absolute Gasteiger partial charge is 0.428 e. The SMILES string of the molecule is CCC=C(C(=O)N[C@@H]1C(=O)N2C(C(=O)OCOC(C)=O)=CCS[C@H]12)c1csc(N)n1. The second-order valence-corrected chi connectivity index (χ2v) is 8.29. The first-order chi connectivity index (χ1) is 14.3. The Kier molecular flexibility index (Phi) is 6.77. The number of allylic oxidation sites excluding steroid dienone is 1. The number of ether oxygens (including phenoxy) is 2. The van der Waals surface area contributed by atoms with Crippen LogP contribution in [0.15, 0.2) is 23.2 Å². The van der Waals surface area contributed by atoms with Gasteiger partial charge < -0.3 is 20.5 Å². The third-order valence-electron chi connectivity index (χ3n) is 4.25. The zero-order valence-electron chi connectivity index (χ0n) is 16.2. The van der Waals surface area contributed by atoms with E-state index in [1.807, 2.05) is 6.92 Å². The predicted molar refractivity (Wildman–Crippen MR) is 111 cm³/mol. The molecule has 2 atom stereocenters. The summed E-state index contributed by atoms with van der Waals surface area (Å²) >= 11 is 2.63. The molecule has 1 aromatic rings. The molecule has 0 aliphatic carbocycles. The minimum Gasteiger partial charge on any atom is -0.428 e. The highest BCUT2D eigenvalue weighted by molar-refractivity contribution is 8.00. The molecule has 30 heavy (non-hydrogen) atoms. The van der Waals surface area contributed by atoms with Crippen molar-refractivity contribution < 1.29 is 28.7 Å². The first-order valence-electron chi connectivity index (χ1n) is 9.01. The molecule has 10 nitrogen and oxygen atoms in total. The summed E-state index contributed by atoms with van der Waals surface area (Å²) in [6.45, 7) is 2.54. The molecule has 3 heterocycles. The van der Waals surface area contributed by atoms with Crippen molar-refractivity contribution in [2.24, 2.45) is 0 Å². The molecule has 160 valence electrons. The standard InChI is InChI=1S/C18H20N4O6S2/c1-3-4-10(11-7-30-18(19)20-11)14(24)21-13-15(25)22-12(5-6-29-16(13)22)17(26)28-8-27-9(2)23/h4-5,7,13,16H,3,6,8H2,1-2H3,(H2,19,20)(H,21,24)/t13-,16-/m1/s1. The first-order valence-corrected chi connectivity index (χ1v) is 10.9. The van der Waals surface area contributed by atoms with Gasteiger partial charge in [-0.05, 0) is 12.5 Å². The van der Waals surface area contributed by atoms with Gasteiger partial charge in [0.05, 0.1) is 11.3 Å². The Bertz CT molecular complexity index is 941. The zero-order valence-corrected chi connectivity index (χ0v) is 17.9. The Balaban J connectivity index is 1.66. The molecule has 0 saturated carbocycles. The van der Waals surface area contributed by atoms with E-state index in [0.29, 0.717) is 28.6 Å². The van der Waals surface area contributed by atoms with Crippen molar-refractivity contribution >= 4 is 57.6 Å². The van der Waals surface area contributed by atoms with Crippen LogP contribution < -0.4 is 11.1 Å². The highest BCUT2D eigenvalue weighted by atomic mass is 32.2. The molecular weight excluding hydrogens is 432 g/mol. The zero-order chi connectivity index (χ0) is 21.8. The van der Waals surface area contributed by atoms with Gasteiger partial charge in [0, 0.05) is 18.1 Å². The second kappa shape index (κ2) is 9.30. The average molecular weight is 453 g/mol. The number of carbonyl (C=O) groups is 4. The van der Waals surface area contributed by atoms with Gasteiger partial charge in [-0.2, -0.15) is 0 Å². The van der Waals surface area contributed by atoms with E-state index in [0.717, 1.165) is 0 Å². The fraction of sp³-hybridized carbons (Fsp3) is 0.389. The molecule has 3 rings (SSSR count). The van der Waals surface area contributed by atoms with Crippen molar-refractivity contribution in [3.05, 3.63) is 28.9 Å². The van der Waals surface area contributed by atoms with E-state index in [1.54, 1.807) is 17.5 Å². The molecular formula is C18H20N4O6S2. The van der Waals surface area contributed by atoms with Gasteiger partial charge in [0.15, 0.2) is 5.13 Å². The quantitative estimate of drug-likeness (QED) is 0.267. The lowest BCUT2D eigenvalue weighted by Crippen LogP contribution is -2.70. The smallest absolute Gasteiger partial charge is 0.357 e. The first kappa shape index (κ1) is 21.8. The van der Waals surface area contributed by atoms with Gasteiger partial charge in [-0.15, -0.1) is 23.1 Å². The number of hydrogen-bond acceptors (Lipinski definition) is 10. The van der Waals surface area contributed by atoms with E-state index in [9.17, 15) is 19.2 Å². The maximum Gasteiger partial charge on any atom is 0.357 e. The van der Waals surface area contributed by atoms with Crippen LogP contribution in [0.5, 0.6) is 0 Å². The molecule has 2 aliphatic heterocycles. The number of anilines is 1. The lowest BCUT2D eigenvalue weighted by Gasteiger charge is -2.48. The topological polar surface area (TPSA) is 141 Å². The number of nitrogens with one attached hydrogen (secondary N) is 1. The van der Waals surface area contributed by atoms with Crippen molar-refractivity contribution in [3.63, 3.8) is 0 Å². The summed E-state index contributed by atoms with van der Waals surface area (Å²) in [7, 11) is 0. The number of β-lactam (4-membered cyclic amide) rings is 1. The van der Waals surface area contributed by atoms with Gasteiger partial charge in [0.2, 0.25) is 6.79 Å². The van der Waals surface area contributed by atoms with E-state index in [2.05, 4.69) is 15.0 Å². The number of rotatable bonds is 7. The van der Waals surface area contributed by atoms with Crippen molar-refractivity contribution in [2.75, 3.05) is 18.3 Å². The van der Waals surface area contributed by atoms with Gasteiger partial charge in [-0.25, -0.2) is 9.78 Å². The van der Waals surface area contributed by atoms with Crippen molar-refractivity contribution in [1.29, 1.82) is 0 Å². The van der Waals surface area contributed by atoms with E-state index in [4.69, 9.17) is 10.5 Å². The van der Waals surface area contributed by atoms with Crippen LogP contribution in [0.3, 0.4) is 0 Å². The number of fused-ring (bicyclic) bond motifs is 1. The Hall–Kier alpha value is -2.86. The maximum absolute atomic E-state index is 12.8. The molecule has 0 bridgehead atoms. The van der Waals surface area contributed by atoms with Crippen LogP contribution in [-0.2, 0) is 28.7 Å². The van der Waals surface area contributed by atoms with Gasteiger partial charge in [-0.1, -0.05) is 13.0 Å². The molecule has 2 aliphatic rings. The molecule has 3 N–H and O–H groups in total. The highest BCUT2D eigenvalue weighted by Gasteiger charge is 2.53. The monoisotopic (exact) mass is 452 g/mol. The number of carbonyl (C=O) groups excluding carboxylic acids is 4. The fourth-order valence-corrected chi connectivity index (χ4v) is 4.68. The Morgan fingerprint density at radius 3 is 2.80 bits per heavy atom. The van der Waals surface area contributed by atoms with Crippen LogP contribution >= 0.6 is 23.1 Å². The number of aromatic nitrogens is 1. The van der Waals surface area contributed by atoms with Crippen LogP contribution in [-0.4, -0.2) is 57.6 Å². The van der Waals surface area contributed by atoms with E-state index in [1.165, 1.54) is 34.9 Å². The third kappa shape index (κ3) is 4.49. The van der Waals surface area contributed by atoms with Gasteiger partial charge in [0.25, 0.3) is 11.8 Å². The number of esters is 2. The molecule has 2 amide bonds. The van der Waals surface area contributed by atoms with E-state index >= 15 is 0 Å². The molecule has 0 radical (unpaired) electrons. The van der Waals surface area contributed by atoms with Gasteiger partial charge >= 0.3 is 11.9 Å². The molecule has 0 aromatic carbocycles. The number of nitrogen functional groups attached to an aromatic ring is 1. The summed E-state index contributed by atoms with van der Waals surface area (Å²) in [6.07, 6.45) is 3.88. The number of thiazole rings is 1. The normalized spacial score (nSPS) is 20.6. The minimum atomic E-state index is -0.788. The van der Waals surface area contributed by atoms with Crippen LogP contribution in [0.2, 0.25) is 0 Å². The Morgan fingerprint density at radius 2 is 2.17 bits per heavy atom. The van der Waals surface area contributed by atoms with Crippen LogP contribution in [0.4, 0.5) is 5.13 Å². The maximum atomic E-state index is 12.8. The third-order valence-corrected chi connectivity index (χ3v) is 6.10. The lowest BCUT2D eigenvalue weighted by molar-refractivity contribution is -0.166. The van der Waals surface area contributed by atoms with Gasteiger partial charge in [-0.3, -0.25) is 19.3 Å². The average Bonchev–Trinajstić information content (AvgIpc) is 3.14. The summed E-state index contributed by atoms with van der Waals surface area (Å²) in [6, 6.07) is -0.788. The molecule has 1 saturated heterocycles. The van der Waals surface area contributed by atoms with E-state index in [-0.39, 0.29) is 5.70 Å². The number of amides is 2. The van der Waals surface area contributed by atoms with Gasteiger partial charge in [0.1, 0.15) is 17.1 Å². The summed E-state index contributed by atoms with van der Waals surface area (Å²) in [5.41, 5.74) is 6.52. The second-order valence-electron chi connectivity index (χ2n) is 6.26. The van der Waals surface area contributed by atoms with Crippen LogP contribution in [0, 0.1) is 0 Å². The summed E-state index contributed by atoms with van der Waals surface area (Å²) < 4.78 is 9.45. The Labute approximate surface area is 180 Å². The highest BCUT2D eigenvalue weighted by Crippen LogP contribution is 2.38. The Morgan fingerprint density at radius 1 is 1.40 bits per heavy atom. The molecule has 1 fully saturated rings. The minimum absolute atomic E-state index is 0.0676. The summed E-state index contributed by atoms with van der Waals surface area (Å²) in [4.78, 5) is 53.9. The van der Waals surface area contributed by atoms with Crippen molar-refractivity contribution in [3.8, 4) is 0 Å². The van der Waals surface area contributed by atoms with Crippen molar-refractivity contribution in [1.82, 2.24) is 15.2 Å². The molecule has 0 unspecified atom stereocenters. The summed E-state index contributed by atoms with van der Waals surface area (Å²) in [5.74, 6) is -1.77. The number of hydrogen-bond donors (Lipinski definition) is 2. The number of nitrogens with two attached hydrogens (primary N) is 1. The number of thioether (sulfide) groups is 1. The molecule has 1 aromatic heterocycles. The van der Waals surface area contributed by atoms with Crippen molar-refractivity contribution in [2.45, 2.75) is 31.7 Å². The number of nitrogens with zero attached hydrogens (tertiary/aromatic N) is 2. The molecule has 12 heteroatoms. The van der Waals surface area contributed by atoms with Crippen LogP contribution in [0.1, 0.15) is 26.0 Å².